The topological polar surface area (TPSA) is 66.5 Å². The monoisotopic (exact) mass is 507 g/mol. The molecule has 0 amide bonds. The van der Waals surface area contributed by atoms with Crippen LogP contribution in [-0.2, 0) is 33.7 Å². The number of nitrogens with zero attached hydrogens (tertiary/aromatic N) is 1. The van der Waals surface area contributed by atoms with Crippen molar-refractivity contribution in [2.75, 3.05) is 41.1 Å². The van der Waals surface area contributed by atoms with Crippen LogP contribution in [0.15, 0.2) is 72.8 Å². The third-order valence-corrected chi connectivity index (χ3v) is 5.68. The standard InChI is InChI=1S/C30H37NO6/c1-23(32)37-30-12-8-6-10-26(30)20-34-22-36-28(19-31(2)3)21-35-29-11-7-5-9-25(29)16-13-24-14-17-27(33-4)18-15-24/h5-12,14-15,17-18,28H,13,16,19-22H2,1-4H3. The number of aryl methyl sites for hydroxylation is 2. The molecule has 7 heteroatoms. The van der Waals surface area contributed by atoms with Crippen LogP contribution in [-0.4, -0.2) is 58.1 Å². The molecule has 0 bridgehead atoms. The predicted octanol–water partition coefficient (Wildman–Crippen LogP) is 4.91. The molecular weight excluding hydrogens is 470 g/mol. The molecular formula is C30H37NO6. The van der Waals surface area contributed by atoms with E-state index in [2.05, 4.69) is 23.1 Å². The fourth-order valence-corrected chi connectivity index (χ4v) is 3.84. The second-order valence-electron chi connectivity index (χ2n) is 8.99. The van der Waals surface area contributed by atoms with Crippen molar-refractivity contribution in [3.63, 3.8) is 0 Å². The Balaban J connectivity index is 1.52. The van der Waals surface area contributed by atoms with Gasteiger partial charge in [0.15, 0.2) is 0 Å². The molecule has 7 nitrogen and oxygen atoms in total. The van der Waals surface area contributed by atoms with E-state index in [1.54, 1.807) is 13.2 Å². The molecule has 0 spiro atoms. The Morgan fingerprint density at radius 2 is 1.54 bits per heavy atom. The highest BCUT2D eigenvalue weighted by atomic mass is 16.7. The van der Waals surface area contributed by atoms with Crippen molar-refractivity contribution in [3.8, 4) is 17.2 Å². The van der Waals surface area contributed by atoms with Gasteiger partial charge in [0.1, 0.15) is 36.8 Å². The van der Waals surface area contributed by atoms with E-state index in [1.165, 1.54) is 12.5 Å². The SMILES string of the molecule is COc1ccc(CCc2ccccc2OCC(CN(C)C)OCOCc2ccccc2OC(C)=O)cc1. The molecule has 0 aliphatic carbocycles. The van der Waals surface area contributed by atoms with Crippen molar-refractivity contribution >= 4 is 5.97 Å². The highest BCUT2D eigenvalue weighted by Crippen LogP contribution is 2.22. The number of carbonyl (C=O) groups excluding carboxylic acids is 1. The molecule has 0 saturated carbocycles. The number of para-hydroxylation sites is 2. The van der Waals surface area contributed by atoms with Crippen LogP contribution in [0.25, 0.3) is 0 Å². The maximum Gasteiger partial charge on any atom is 0.308 e. The van der Waals surface area contributed by atoms with Crippen molar-refractivity contribution in [1.82, 2.24) is 4.90 Å². The van der Waals surface area contributed by atoms with Gasteiger partial charge < -0.3 is 28.6 Å². The molecule has 3 rings (SSSR count). The summed E-state index contributed by atoms with van der Waals surface area (Å²) in [5.74, 6) is 1.85. The lowest BCUT2D eigenvalue weighted by Crippen LogP contribution is -2.34. The van der Waals surface area contributed by atoms with Gasteiger partial charge in [0, 0.05) is 19.0 Å². The lowest BCUT2D eigenvalue weighted by molar-refractivity contribution is -0.132. The summed E-state index contributed by atoms with van der Waals surface area (Å²) in [6.07, 6.45) is 1.59. The van der Waals surface area contributed by atoms with E-state index in [1.807, 2.05) is 62.6 Å². The molecule has 0 aliphatic heterocycles. The summed E-state index contributed by atoms with van der Waals surface area (Å²) in [6, 6.07) is 23.6. The zero-order chi connectivity index (χ0) is 26.5. The third-order valence-electron chi connectivity index (χ3n) is 5.68. The van der Waals surface area contributed by atoms with E-state index >= 15 is 0 Å². The summed E-state index contributed by atoms with van der Waals surface area (Å²) < 4.78 is 28.4. The highest BCUT2D eigenvalue weighted by molar-refractivity contribution is 5.69. The first-order chi connectivity index (χ1) is 17.9. The fraction of sp³-hybridized carbons (Fsp3) is 0.367. The molecule has 0 radical (unpaired) electrons. The molecule has 0 aromatic heterocycles. The van der Waals surface area contributed by atoms with Gasteiger partial charge >= 0.3 is 5.97 Å². The van der Waals surface area contributed by atoms with Crippen LogP contribution >= 0.6 is 0 Å². The Hall–Kier alpha value is -3.39. The number of benzene rings is 3. The van der Waals surface area contributed by atoms with Crippen molar-refractivity contribution < 1.29 is 28.5 Å². The Morgan fingerprint density at radius 3 is 2.22 bits per heavy atom. The summed E-state index contributed by atoms with van der Waals surface area (Å²) in [5, 5.41) is 0. The van der Waals surface area contributed by atoms with Crippen molar-refractivity contribution in [3.05, 3.63) is 89.5 Å². The molecule has 0 heterocycles. The highest BCUT2D eigenvalue weighted by Gasteiger charge is 2.14. The van der Waals surface area contributed by atoms with E-state index in [-0.39, 0.29) is 25.5 Å². The minimum absolute atomic E-state index is 0.0926. The van der Waals surface area contributed by atoms with Gasteiger partial charge in [-0.1, -0.05) is 48.5 Å². The van der Waals surface area contributed by atoms with Gasteiger partial charge in [-0.25, -0.2) is 0 Å². The second-order valence-corrected chi connectivity index (χ2v) is 8.99. The quantitative estimate of drug-likeness (QED) is 0.125. The minimum atomic E-state index is -0.365. The summed E-state index contributed by atoms with van der Waals surface area (Å²) in [4.78, 5) is 13.4. The van der Waals surface area contributed by atoms with E-state index in [0.29, 0.717) is 18.9 Å². The number of hydrogen-bond acceptors (Lipinski definition) is 7. The average Bonchev–Trinajstić information content (AvgIpc) is 2.89. The van der Waals surface area contributed by atoms with Crippen LogP contribution in [0.5, 0.6) is 17.2 Å². The third kappa shape index (κ3) is 9.88. The van der Waals surface area contributed by atoms with Gasteiger partial charge in [-0.05, 0) is 62.3 Å². The number of esters is 1. The van der Waals surface area contributed by atoms with Gasteiger partial charge in [-0.2, -0.15) is 0 Å². The number of hydrogen-bond donors (Lipinski definition) is 0. The Morgan fingerprint density at radius 1 is 0.865 bits per heavy atom. The second kappa shape index (κ2) is 15.0. The van der Waals surface area contributed by atoms with E-state index < -0.39 is 0 Å². The maximum absolute atomic E-state index is 11.3. The van der Waals surface area contributed by atoms with Gasteiger partial charge in [-0.3, -0.25) is 4.79 Å². The Labute approximate surface area is 219 Å². The summed E-state index contributed by atoms with van der Waals surface area (Å²) >= 11 is 0. The summed E-state index contributed by atoms with van der Waals surface area (Å²) in [5.41, 5.74) is 3.18. The molecule has 198 valence electrons. The average molecular weight is 508 g/mol. The van der Waals surface area contributed by atoms with Crippen molar-refractivity contribution in [1.29, 1.82) is 0 Å². The van der Waals surface area contributed by atoms with E-state index in [4.69, 9.17) is 23.7 Å². The van der Waals surface area contributed by atoms with Crippen LogP contribution in [0.3, 0.4) is 0 Å². The molecule has 1 unspecified atom stereocenters. The van der Waals surface area contributed by atoms with Crippen LogP contribution in [0, 0.1) is 0 Å². The number of methoxy groups -OCH3 is 1. The number of carbonyl (C=O) groups is 1. The minimum Gasteiger partial charge on any atom is -0.497 e. The number of ether oxygens (including phenoxy) is 5. The summed E-state index contributed by atoms with van der Waals surface area (Å²) in [6.45, 7) is 2.82. The Bertz CT molecular complexity index is 1100. The lowest BCUT2D eigenvalue weighted by Gasteiger charge is -2.23. The molecule has 3 aromatic rings. The van der Waals surface area contributed by atoms with Crippen molar-refractivity contribution in [2.24, 2.45) is 0 Å². The van der Waals surface area contributed by atoms with E-state index in [0.717, 1.165) is 35.5 Å². The zero-order valence-corrected chi connectivity index (χ0v) is 22.1. The fourth-order valence-electron chi connectivity index (χ4n) is 3.84. The molecule has 37 heavy (non-hydrogen) atoms. The first kappa shape index (κ1) is 28.2. The van der Waals surface area contributed by atoms with Crippen LogP contribution in [0.2, 0.25) is 0 Å². The summed E-state index contributed by atoms with van der Waals surface area (Å²) in [7, 11) is 5.66. The number of rotatable bonds is 15. The number of likely N-dealkylation sites (N-methyl/N-ethyl adjacent to an activating group) is 1. The molecule has 0 fully saturated rings. The smallest absolute Gasteiger partial charge is 0.308 e. The normalized spacial score (nSPS) is 11.8. The van der Waals surface area contributed by atoms with Crippen LogP contribution < -0.4 is 14.2 Å². The molecule has 0 N–H and O–H groups in total. The van der Waals surface area contributed by atoms with Gasteiger partial charge in [0.25, 0.3) is 0 Å². The molecule has 3 aromatic carbocycles. The van der Waals surface area contributed by atoms with Crippen molar-refractivity contribution in [2.45, 2.75) is 32.5 Å². The molecule has 0 aliphatic rings. The predicted molar refractivity (Wildman–Crippen MR) is 143 cm³/mol. The van der Waals surface area contributed by atoms with Gasteiger partial charge in [0.05, 0.1) is 13.7 Å². The maximum atomic E-state index is 11.3. The van der Waals surface area contributed by atoms with Gasteiger partial charge in [-0.15, -0.1) is 0 Å². The van der Waals surface area contributed by atoms with E-state index in [9.17, 15) is 4.79 Å². The molecule has 1 atom stereocenters. The Kier molecular flexibility index (Phi) is 11.4. The van der Waals surface area contributed by atoms with Crippen LogP contribution in [0.1, 0.15) is 23.6 Å². The first-order valence-electron chi connectivity index (χ1n) is 12.4. The van der Waals surface area contributed by atoms with Gasteiger partial charge in [0.2, 0.25) is 0 Å². The zero-order valence-electron chi connectivity index (χ0n) is 22.1. The van der Waals surface area contributed by atoms with Crippen LogP contribution in [0.4, 0.5) is 0 Å². The largest absolute Gasteiger partial charge is 0.497 e. The first-order valence-corrected chi connectivity index (χ1v) is 12.4. The lowest BCUT2D eigenvalue weighted by atomic mass is 10.0. The molecule has 0 saturated heterocycles.